The largest absolute Gasteiger partial charge is 0.461 e. The van der Waals surface area contributed by atoms with Crippen molar-refractivity contribution in [3.63, 3.8) is 0 Å². The Morgan fingerprint density at radius 2 is 2.03 bits per heavy atom. The van der Waals surface area contributed by atoms with Gasteiger partial charge >= 0.3 is 5.97 Å². The van der Waals surface area contributed by atoms with E-state index in [-0.39, 0.29) is 37.5 Å². The van der Waals surface area contributed by atoms with Crippen LogP contribution in [0.2, 0.25) is 5.02 Å². The number of hydrogen-bond donors (Lipinski definition) is 1. The summed E-state index contributed by atoms with van der Waals surface area (Å²) in [4.78, 5) is 45.4. The van der Waals surface area contributed by atoms with Gasteiger partial charge in [-0.3, -0.25) is 14.4 Å². The molecule has 1 aromatic carbocycles. The molecule has 8 nitrogen and oxygen atoms in total. The highest BCUT2D eigenvalue weighted by atomic mass is 35.5. The van der Waals surface area contributed by atoms with Gasteiger partial charge in [-0.2, -0.15) is 0 Å². The highest BCUT2D eigenvalue weighted by molar-refractivity contribution is 6.34. The third-order valence-electron chi connectivity index (χ3n) is 8.43. The maximum Gasteiger partial charge on any atom is 0.313 e. The minimum absolute atomic E-state index is 0.0108. The van der Waals surface area contributed by atoms with Crippen LogP contribution in [0, 0.1) is 24.7 Å². The molecule has 0 aliphatic carbocycles. The molecule has 2 unspecified atom stereocenters. The van der Waals surface area contributed by atoms with Gasteiger partial charge < -0.3 is 24.4 Å². The van der Waals surface area contributed by atoms with Crippen LogP contribution in [0.3, 0.4) is 0 Å². The second-order valence-corrected chi connectivity index (χ2v) is 11.9. The highest BCUT2D eigenvalue weighted by Crippen LogP contribution is 2.64. The van der Waals surface area contributed by atoms with Crippen molar-refractivity contribution in [3.8, 4) is 0 Å². The van der Waals surface area contributed by atoms with E-state index < -0.39 is 41.1 Å². The number of halogens is 1. The van der Waals surface area contributed by atoms with Gasteiger partial charge in [0.05, 0.1) is 34.9 Å². The van der Waals surface area contributed by atoms with Crippen LogP contribution in [0.25, 0.3) is 0 Å². The number of esters is 1. The third-order valence-corrected chi connectivity index (χ3v) is 8.73. The fourth-order valence-corrected chi connectivity index (χ4v) is 7.30. The van der Waals surface area contributed by atoms with Crippen molar-refractivity contribution in [2.24, 2.45) is 17.8 Å². The van der Waals surface area contributed by atoms with Gasteiger partial charge in [0, 0.05) is 6.54 Å². The lowest BCUT2D eigenvalue weighted by Crippen LogP contribution is -2.59. The lowest BCUT2D eigenvalue weighted by Gasteiger charge is -2.40. The number of carbonyl (C=O) groups excluding carboxylic acids is 3. The van der Waals surface area contributed by atoms with Crippen LogP contribution in [0.4, 0.5) is 5.69 Å². The summed E-state index contributed by atoms with van der Waals surface area (Å²) in [5, 5.41) is 10.9. The zero-order chi connectivity index (χ0) is 28.7. The van der Waals surface area contributed by atoms with E-state index in [2.05, 4.69) is 13.2 Å². The molecule has 3 heterocycles. The number of likely N-dealkylation sites (tertiary alicyclic amines) is 1. The van der Waals surface area contributed by atoms with Crippen LogP contribution < -0.4 is 4.90 Å². The highest BCUT2D eigenvalue weighted by Gasteiger charge is 2.79. The molecule has 2 amide bonds. The molecule has 6 atom stereocenters. The molecule has 3 aliphatic rings. The molecule has 212 valence electrons. The Balaban J connectivity index is 1.88. The SMILES string of the molecule is C=CCOC(=O)[C@H]1[C@H]2C(=O)N([C@@H](CO)CC(C)C)C(C(=O)N(CC=C)c3c(C)cccc3Cl)C23CC[C@]1(C)O3. The zero-order valence-electron chi connectivity index (χ0n) is 23.2. The average molecular weight is 559 g/mol. The van der Waals surface area contributed by atoms with E-state index in [9.17, 15) is 19.5 Å². The van der Waals surface area contributed by atoms with E-state index in [1.54, 1.807) is 17.0 Å². The molecular weight excluding hydrogens is 520 g/mol. The van der Waals surface area contributed by atoms with Crippen LogP contribution in [-0.4, -0.2) is 70.8 Å². The molecule has 2 bridgehead atoms. The van der Waals surface area contributed by atoms with E-state index in [0.717, 1.165) is 5.56 Å². The molecule has 4 rings (SSSR count). The molecule has 39 heavy (non-hydrogen) atoms. The number of aryl methyl sites for hydroxylation is 1. The van der Waals surface area contributed by atoms with Crippen molar-refractivity contribution in [1.29, 1.82) is 0 Å². The number of hydrogen-bond acceptors (Lipinski definition) is 6. The molecule has 1 N–H and O–H groups in total. The van der Waals surface area contributed by atoms with Crippen LogP contribution in [-0.2, 0) is 23.9 Å². The minimum Gasteiger partial charge on any atom is -0.461 e. The van der Waals surface area contributed by atoms with Crippen molar-refractivity contribution >= 4 is 35.1 Å². The van der Waals surface area contributed by atoms with Crippen LogP contribution in [0.1, 0.15) is 45.6 Å². The molecule has 3 fully saturated rings. The third kappa shape index (κ3) is 4.70. The first kappa shape index (κ1) is 29.3. The van der Waals surface area contributed by atoms with Crippen LogP contribution in [0.15, 0.2) is 43.5 Å². The molecule has 3 aliphatic heterocycles. The number of fused-ring (bicyclic) bond motifs is 1. The summed E-state index contributed by atoms with van der Waals surface area (Å²) in [6.45, 7) is 15.0. The van der Waals surface area contributed by atoms with Crippen molar-refractivity contribution in [2.75, 3.05) is 24.7 Å². The number of nitrogens with zero attached hydrogens (tertiary/aromatic N) is 2. The summed E-state index contributed by atoms with van der Waals surface area (Å²) in [5.74, 6) is -2.95. The molecule has 0 aromatic heterocycles. The predicted molar refractivity (Wildman–Crippen MR) is 149 cm³/mol. The topological polar surface area (TPSA) is 96.4 Å². The van der Waals surface area contributed by atoms with Gasteiger partial charge in [-0.1, -0.05) is 56.3 Å². The van der Waals surface area contributed by atoms with E-state index in [0.29, 0.717) is 30.0 Å². The Labute approximate surface area is 235 Å². The molecular formula is C30H39ClN2O6. The van der Waals surface area contributed by atoms with Gasteiger partial charge in [0.1, 0.15) is 24.2 Å². The summed E-state index contributed by atoms with van der Waals surface area (Å²) in [5.41, 5.74) is -0.890. The predicted octanol–water partition coefficient (Wildman–Crippen LogP) is 4.07. The van der Waals surface area contributed by atoms with Gasteiger partial charge in [0.2, 0.25) is 5.91 Å². The monoisotopic (exact) mass is 558 g/mol. The first-order valence-corrected chi connectivity index (χ1v) is 13.9. The van der Waals surface area contributed by atoms with Crippen molar-refractivity contribution in [2.45, 2.75) is 70.2 Å². The van der Waals surface area contributed by atoms with Crippen LogP contribution in [0.5, 0.6) is 0 Å². The summed E-state index contributed by atoms with van der Waals surface area (Å²) < 4.78 is 12.1. The summed E-state index contributed by atoms with van der Waals surface area (Å²) >= 11 is 6.61. The molecule has 0 radical (unpaired) electrons. The van der Waals surface area contributed by atoms with Gasteiger partial charge in [-0.25, -0.2) is 0 Å². The Bertz CT molecular complexity index is 1150. The maximum absolute atomic E-state index is 14.7. The lowest BCUT2D eigenvalue weighted by atomic mass is 9.66. The van der Waals surface area contributed by atoms with Crippen LogP contribution >= 0.6 is 11.6 Å². The summed E-state index contributed by atoms with van der Waals surface area (Å²) in [6, 6.07) is 3.68. The molecule has 9 heteroatoms. The normalized spacial score (nSPS) is 29.9. The molecule has 3 saturated heterocycles. The number of amides is 2. The number of carbonyl (C=O) groups is 3. The first-order chi connectivity index (χ1) is 18.5. The smallest absolute Gasteiger partial charge is 0.313 e. The quantitative estimate of drug-likeness (QED) is 0.325. The van der Waals surface area contributed by atoms with Crippen molar-refractivity contribution in [3.05, 3.63) is 54.1 Å². The number of benzene rings is 1. The van der Waals surface area contributed by atoms with Gasteiger partial charge in [0.15, 0.2) is 0 Å². The van der Waals surface area contributed by atoms with Crippen molar-refractivity contribution in [1.82, 2.24) is 4.90 Å². The lowest BCUT2D eigenvalue weighted by molar-refractivity contribution is -0.159. The summed E-state index contributed by atoms with van der Waals surface area (Å²) in [7, 11) is 0. The fraction of sp³-hybridized carbons (Fsp3) is 0.567. The molecule has 1 spiro atoms. The Morgan fingerprint density at radius 3 is 2.62 bits per heavy atom. The average Bonchev–Trinajstić information content (AvgIpc) is 3.45. The standard InChI is InChI=1S/C30H39ClN2O6/c1-7-14-32(24-19(5)10-9-11-21(24)31)27(36)25-30-13-12-29(6,39-30)23(28(37)38-15-8-2)22(30)26(35)33(25)20(17-34)16-18(3)4/h7-11,18,20,22-23,25,34H,1-2,12-17H2,3-6H3/t20-,22+,23-,25?,29+,30?/m1/s1. The van der Waals surface area contributed by atoms with Gasteiger partial charge in [0.25, 0.3) is 5.91 Å². The first-order valence-electron chi connectivity index (χ1n) is 13.6. The second kappa shape index (κ2) is 11.1. The number of aliphatic hydroxyl groups is 1. The number of aliphatic hydroxyl groups excluding tert-OH is 1. The Hall–Kier alpha value is -2.68. The van der Waals surface area contributed by atoms with E-state index in [4.69, 9.17) is 21.1 Å². The van der Waals surface area contributed by atoms with E-state index in [1.807, 2.05) is 39.8 Å². The van der Waals surface area contributed by atoms with Gasteiger partial charge in [-0.15, -0.1) is 6.58 Å². The zero-order valence-corrected chi connectivity index (χ0v) is 23.9. The van der Waals surface area contributed by atoms with Crippen molar-refractivity contribution < 1.29 is 29.0 Å². The number of ether oxygens (including phenoxy) is 2. The molecule has 1 aromatic rings. The fourth-order valence-electron chi connectivity index (χ4n) is 6.98. The minimum atomic E-state index is -1.25. The number of para-hydroxylation sites is 1. The molecule has 0 saturated carbocycles. The number of anilines is 1. The van der Waals surface area contributed by atoms with Gasteiger partial charge in [-0.05, 0) is 50.7 Å². The maximum atomic E-state index is 14.7. The Kier molecular flexibility index (Phi) is 8.31. The number of rotatable bonds is 11. The summed E-state index contributed by atoms with van der Waals surface area (Å²) in [6.07, 6.45) is 4.47. The van der Waals surface area contributed by atoms with E-state index >= 15 is 0 Å². The second-order valence-electron chi connectivity index (χ2n) is 11.5. The van der Waals surface area contributed by atoms with E-state index in [1.165, 1.54) is 11.0 Å². The Morgan fingerprint density at radius 1 is 1.31 bits per heavy atom.